The number of fused-ring (bicyclic) bond motifs is 3. The van der Waals surface area contributed by atoms with E-state index in [1.165, 1.54) is 28.7 Å². The Morgan fingerprint density at radius 3 is 2.88 bits per heavy atom. The Labute approximate surface area is 205 Å². The predicted molar refractivity (Wildman–Crippen MR) is 136 cm³/mol. The van der Waals surface area contributed by atoms with Gasteiger partial charge in [-0.2, -0.15) is 0 Å². The van der Waals surface area contributed by atoms with Crippen molar-refractivity contribution in [1.82, 2.24) is 19.2 Å². The van der Waals surface area contributed by atoms with Crippen molar-refractivity contribution in [1.29, 1.82) is 0 Å². The third-order valence-corrected chi connectivity index (χ3v) is 7.80. The van der Waals surface area contributed by atoms with Crippen LogP contribution in [0.1, 0.15) is 38.2 Å². The zero-order valence-electron chi connectivity index (χ0n) is 19.0. The number of ether oxygens (including phenoxy) is 1. The van der Waals surface area contributed by atoms with Gasteiger partial charge < -0.3 is 10.1 Å². The number of rotatable bonds is 9. The summed E-state index contributed by atoms with van der Waals surface area (Å²) in [5, 5.41) is 14.1. The molecular formula is C24H27N5O3S2. The van der Waals surface area contributed by atoms with Gasteiger partial charge in [-0.3, -0.25) is 18.6 Å². The second kappa shape index (κ2) is 10.3. The molecule has 4 aromatic rings. The van der Waals surface area contributed by atoms with Crippen LogP contribution in [0, 0.1) is 0 Å². The van der Waals surface area contributed by atoms with E-state index < -0.39 is 0 Å². The van der Waals surface area contributed by atoms with Crippen LogP contribution in [0.4, 0.5) is 5.69 Å². The van der Waals surface area contributed by atoms with Crippen LogP contribution in [0.25, 0.3) is 16.0 Å². The van der Waals surface area contributed by atoms with Crippen molar-refractivity contribution in [3.8, 4) is 0 Å². The largest absolute Gasteiger partial charge is 0.376 e. The van der Waals surface area contributed by atoms with E-state index in [-0.39, 0.29) is 23.3 Å². The fraction of sp³-hybridized carbons (Fsp3) is 0.417. The number of nitrogens with one attached hydrogen (secondary N) is 1. The van der Waals surface area contributed by atoms with Crippen LogP contribution in [-0.4, -0.2) is 43.5 Å². The van der Waals surface area contributed by atoms with Crippen LogP contribution >= 0.6 is 23.1 Å². The smallest absolute Gasteiger partial charge is 0.272 e. The van der Waals surface area contributed by atoms with Crippen molar-refractivity contribution in [3.63, 3.8) is 0 Å². The number of nitrogens with zero attached hydrogens (tertiary/aromatic N) is 4. The Morgan fingerprint density at radius 2 is 2.12 bits per heavy atom. The summed E-state index contributed by atoms with van der Waals surface area (Å²) in [4.78, 5) is 25.7. The fourth-order valence-corrected chi connectivity index (χ4v) is 5.78. The molecule has 34 heavy (non-hydrogen) atoms. The van der Waals surface area contributed by atoms with E-state index in [0.717, 1.165) is 49.9 Å². The van der Waals surface area contributed by atoms with Gasteiger partial charge in [0.05, 0.1) is 23.9 Å². The fourth-order valence-electron chi connectivity index (χ4n) is 4.21. The summed E-state index contributed by atoms with van der Waals surface area (Å²) < 4.78 is 9.94. The number of amides is 1. The minimum absolute atomic E-state index is 0.00542. The number of hydrogen-bond acceptors (Lipinski definition) is 7. The predicted octanol–water partition coefficient (Wildman–Crippen LogP) is 4.36. The third kappa shape index (κ3) is 4.75. The minimum Gasteiger partial charge on any atom is -0.376 e. The van der Waals surface area contributed by atoms with E-state index in [9.17, 15) is 9.59 Å². The highest BCUT2D eigenvalue weighted by Gasteiger charge is 2.23. The van der Waals surface area contributed by atoms with Gasteiger partial charge in [0.2, 0.25) is 11.7 Å². The van der Waals surface area contributed by atoms with Crippen LogP contribution in [0.2, 0.25) is 0 Å². The molecule has 1 N–H and O–H groups in total. The van der Waals surface area contributed by atoms with E-state index in [1.807, 2.05) is 28.0 Å². The molecule has 1 aliphatic rings. The molecule has 0 unspecified atom stereocenters. The van der Waals surface area contributed by atoms with Crippen molar-refractivity contribution >= 4 is 50.7 Å². The molecule has 0 bridgehead atoms. The van der Waals surface area contributed by atoms with Crippen LogP contribution in [0.15, 0.2) is 45.7 Å². The molecule has 3 aromatic heterocycles. The van der Waals surface area contributed by atoms with Gasteiger partial charge in [-0.15, -0.1) is 21.5 Å². The molecule has 1 atom stereocenters. The lowest BCUT2D eigenvalue weighted by atomic mass is 10.1. The average molecular weight is 498 g/mol. The molecule has 8 nitrogen and oxygen atoms in total. The maximum Gasteiger partial charge on any atom is 0.272 e. The van der Waals surface area contributed by atoms with Crippen molar-refractivity contribution in [2.24, 2.45) is 0 Å². The summed E-state index contributed by atoms with van der Waals surface area (Å²) >= 11 is 2.71. The van der Waals surface area contributed by atoms with Crippen molar-refractivity contribution < 1.29 is 9.53 Å². The number of thioether (sulfide) groups is 1. The first-order chi connectivity index (χ1) is 16.6. The highest BCUT2D eigenvalue weighted by atomic mass is 32.2. The number of benzene rings is 1. The third-order valence-electron chi connectivity index (χ3n) is 5.98. The van der Waals surface area contributed by atoms with Crippen LogP contribution in [0.3, 0.4) is 0 Å². The molecule has 1 aromatic carbocycles. The molecule has 5 rings (SSSR count). The number of anilines is 1. The standard InChI is InChI=1S/C24H27N5O3S2/c1-2-3-5-16-7-9-17(10-8-16)25-20(30)15-34-24-27-26-23-28(14-18-6-4-12-32-18)22(31)21-19(29(23)24)11-13-33-21/h7-11,13,18H,2-6,12,14-15H2,1H3,(H,25,30)/t18-/m0/s1. The van der Waals surface area contributed by atoms with Gasteiger partial charge in [-0.1, -0.05) is 37.2 Å². The molecule has 0 radical (unpaired) electrons. The van der Waals surface area contributed by atoms with Gasteiger partial charge in [0.1, 0.15) is 4.70 Å². The molecule has 1 fully saturated rings. The second-order valence-corrected chi connectivity index (χ2v) is 10.3. The summed E-state index contributed by atoms with van der Waals surface area (Å²) in [5.41, 5.74) is 2.75. The SMILES string of the molecule is CCCCc1ccc(NC(=O)CSc2nnc3n(C[C@@H]4CCCO4)c(=O)c4sccc4n23)cc1. The lowest BCUT2D eigenvalue weighted by Crippen LogP contribution is -2.28. The maximum atomic E-state index is 13.1. The van der Waals surface area contributed by atoms with Crippen molar-refractivity contribution in [2.45, 2.75) is 56.8 Å². The molecule has 4 heterocycles. The number of thiophene rings is 1. The second-order valence-electron chi connectivity index (χ2n) is 8.44. The molecule has 10 heteroatoms. The monoisotopic (exact) mass is 497 g/mol. The average Bonchev–Trinajstić information content (AvgIpc) is 3.60. The first-order valence-electron chi connectivity index (χ1n) is 11.6. The Hall–Kier alpha value is -2.69. The van der Waals surface area contributed by atoms with E-state index in [4.69, 9.17) is 4.74 Å². The van der Waals surface area contributed by atoms with Crippen LogP contribution in [0.5, 0.6) is 0 Å². The first kappa shape index (κ1) is 23.1. The van der Waals surface area contributed by atoms with E-state index >= 15 is 0 Å². The zero-order chi connectivity index (χ0) is 23.5. The van der Waals surface area contributed by atoms with Crippen LogP contribution < -0.4 is 10.9 Å². The Morgan fingerprint density at radius 1 is 1.26 bits per heavy atom. The summed E-state index contributed by atoms with van der Waals surface area (Å²) in [7, 11) is 0. The zero-order valence-corrected chi connectivity index (χ0v) is 20.7. The molecular weight excluding hydrogens is 470 g/mol. The van der Waals surface area contributed by atoms with Crippen molar-refractivity contribution in [2.75, 3.05) is 17.7 Å². The molecule has 1 saturated heterocycles. The lowest BCUT2D eigenvalue weighted by molar-refractivity contribution is -0.113. The van der Waals surface area contributed by atoms with E-state index in [0.29, 0.717) is 22.2 Å². The number of unbranched alkanes of at least 4 members (excludes halogenated alkanes) is 1. The molecule has 0 aliphatic carbocycles. The molecule has 1 amide bonds. The van der Waals surface area contributed by atoms with Gasteiger partial charge >= 0.3 is 0 Å². The number of aromatic nitrogens is 4. The van der Waals surface area contributed by atoms with Gasteiger partial charge in [-0.05, 0) is 54.8 Å². The molecule has 178 valence electrons. The lowest BCUT2D eigenvalue weighted by Gasteiger charge is -2.13. The first-order valence-corrected chi connectivity index (χ1v) is 13.5. The highest BCUT2D eigenvalue weighted by Crippen LogP contribution is 2.25. The number of hydrogen-bond donors (Lipinski definition) is 1. The summed E-state index contributed by atoms with van der Waals surface area (Å²) in [6, 6.07) is 9.91. The normalized spacial score (nSPS) is 16.0. The number of aryl methyl sites for hydroxylation is 1. The van der Waals surface area contributed by atoms with E-state index in [2.05, 4.69) is 34.6 Å². The van der Waals surface area contributed by atoms with E-state index in [1.54, 1.807) is 4.57 Å². The summed E-state index contributed by atoms with van der Waals surface area (Å²) in [6.07, 6.45) is 5.31. The van der Waals surface area contributed by atoms with Gasteiger partial charge in [0.15, 0.2) is 5.16 Å². The molecule has 1 aliphatic heterocycles. The minimum atomic E-state index is -0.114. The molecule has 0 spiro atoms. The van der Waals surface area contributed by atoms with Gasteiger partial charge in [0.25, 0.3) is 5.56 Å². The quantitative estimate of drug-likeness (QED) is 0.346. The van der Waals surface area contributed by atoms with Gasteiger partial charge in [0, 0.05) is 12.3 Å². The summed E-state index contributed by atoms with van der Waals surface area (Å²) in [6.45, 7) is 3.35. The Balaban J connectivity index is 1.33. The highest BCUT2D eigenvalue weighted by molar-refractivity contribution is 7.99. The maximum absolute atomic E-state index is 13.1. The Bertz CT molecular complexity index is 1350. The van der Waals surface area contributed by atoms with Crippen LogP contribution in [-0.2, 0) is 22.5 Å². The topological polar surface area (TPSA) is 90.5 Å². The summed E-state index contributed by atoms with van der Waals surface area (Å²) in [5.74, 6) is 0.559. The Kier molecular flexibility index (Phi) is 6.98. The molecule has 0 saturated carbocycles. The number of carbonyl (C=O) groups excluding carboxylic acids is 1. The number of carbonyl (C=O) groups is 1. The van der Waals surface area contributed by atoms with Crippen molar-refractivity contribution in [3.05, 3.63) is 51.6 Å². The van der Waals surface area contributed by atoms with Gasteiger partial charge in [-0.25, -0.2) is 0 Å².